The number of nitrogen functional groups attached to an aromatic ring is 1. The molecule has 0 fully saturated rings. The Kier molecular flexibility index (Phi) is 6.72. The molecule has 0 saturated carbocycles. The van der Waals surface area contributed by atoms with Crippen molar-refractivity contribution in [1.82, 2.24) is 9.97 Å². The highest BCUT2D eigenvalue weighted by atomic mass is 35.5. The van der Waals surface area contributed by atoms with Gasteiger partial charge < -0.3 is 25.1 Å². The molecule has 33 heavy (non-hydrogen) atoms. The van der Waals surface area contributed by atoms with Gasteiger partial charge in [-0.25, -0.2) is 9.97 Å². The van der Waals surface area contributed by atoms with Gasteiger partial charge in [0.1, 0.15) is 35.3 Å². The van der Waals surface area contributed by atoms with Crippen LogP contribution in [-0.4, -0.2) is 22.2 Å². The van der Waals surface area contributed by atoms with Gasteiger partial charge in [0.2, 0.25) is 5.95 Å². The summed E-state index contributed by atoms with van der Waals surface area (Å²) in [6.45, 7) is 0.209. The van der Waals surface area contributed by atoms with Gasteiger partial charge in [0, 0.05) is 27.2 Å². The maximum atomic E-state index is 10.7. The summed E-state index contributed by atoms with van der Waals surface area (Å²) < 4.78 is 16.9. The van der Waals surface area contributed by atoms with Gasteiger partial charge in [-0.1, -0.05) is 29.3 Å². The molecule has 0 radical (unpaired) electrons. The van der Waals surface area contributed by atoms with Gasteiger partial charge in [-0.05, 0) is 48.5 Å². The number of hydrogen-bond donors (Lipinski definition) is 2. The number of anilines is 1. The number of aromatic hydroxyl groups is 1. The van der Waals surface area contributed by atoms with Crippen molar-refractivity contribution >= 4 is 29.2 Å². The molecule has 0 aliphatic rings. The molecular formula is C24H19Cl2N3O4. The number of ether oxygens (including phenoxy) is 3. The standard InChI is InChI=1S/C24H19Cl2N3O4/c1-31-16-4-6-17(7-5-16)33-22-12-28-24(27)29-23(22)19-9-8-18(11-21(19)30)32-13-14-2-3-15(25)10-20(14)26/h2-12,30H,13H2,1H3,(H2,27,28,29). The van der Waals surface area contributed by atoms with Crippen molar-refractivity contribution in [2.75, 3.05) is 12.8 Å². The largest absolute Gasteiger partial charge is 0.507 e. The summed E-state index contributed by atoms with van der Waals surface area (Å²) in [5, 5.41) is 11.7. The minimum Gasteiger partial charge on any atom is -0.507 e. The molecule has 7 nitrogen and oxygen atoms in total. The predicted octanol–water partition coefficient (Wildman–Crippen LogP) is 6.12. The van der Waals surface area contributed by atoms with E-state index in [2.05, 4.69) is 9.97 Å². The Balaban J connectivity index is 1.57. The SMILES string of the molecule is COc1ccc(Oc2cnc(N)nc2-c2ccc(OCc3ccc(Cl)cc3Cl)cc2O)cc1. The lowest BCUT2D eigenvalue weighted by atomic mass is 10.1. The lowest BCUT2D eigenvalue weighted by Gasteiger charge is -2.13. The summed E-state index contributed by atoms with van der Waals surface area (Å²) in [6, 6.07) is 17.0. The first-order valence-corrected chi connectivity index (χ1v) is 10.5. The molecule has 0 spiro atoms. The van der Waals surface area contributed by atoms with E-state index < -0.39 is 0 Å². The number of benzene rings is 3. The highest BCUT2D eigenvalue weighted by Gasteiger charge is 2.16. The Morgan fingerprint density at radius 2 is 1.67 bits per heavy atom. The Bertz CT molecular complexity index is 1280. The molecule has 0 aliphatic carbocycles. The zero-order valence-corrected chi connectivity index (χ0v) is 19.0. The van der Waals surface area contributed by atoms with Crippen LogP contribution in [0.2, 0.25) is 10.0 Å². The summed E-state index contributed by atoms with van der Waals surface area (Å²) in [6.07, 6.45) is 1.45. The molecule has 1 heterocycles. The van der Waals surface area contributed by atoms with Crippen LogP contribution in [0.3, 0.4) is 0 Å². The first-order chi connectivity index (χ1) is 15.9. The van der Waals surface area contributed by atoms with E-state index in [-0.39, 0.29) is 18.3 Å². The molecular weight excluding hydrogens is 465 g/mol. The van der Waals surface area contributed by atoms with Crippen molar-refractivity contribution in [1.29, 1.82) is 0 Å². The normalized spacial score (nSPS) is 10.6. The fourth-order valence-corrected chi connectivity index (χ4v) is 3.49. The molecule has 0 bridgehead atoms. The molecule has 168 valence electrons. The second kappa shape index (κ2) is 9.85. The van der Waals surface area contributed by atoms with E-state index in [4.69, 9.17) is 43.1 Å². The highest BCUT2D eigenvalue weighted by Crippen LogP contribution is 2.38. The van der Waals surface area contributed by atoms with Gasteiger partial charge in [0.25, 0.3) is 0 Å². The topological polar surface area (TPSA) is 99.7 Å². The van der Waals surface area contributed by atoms with Gasteiger partial charge in [0.15, 0.2) is 5.75 Å². The number of phenolic OH excluding ortho intramolecular Hbond substituents is 1. The number of rotatable bonds is 7. The van der Waals surface area contributed by atoms with Crippen LogP contribution in [-0.2, 0) is 6.61 Å². The molecule has 1 aromatic heterocycles. The Labute approximate surface area is 200 Å². The molecule has 3 aromatic carbocycles. The molecule has 4 aromatic rings. The predicted molar refractivity (Wildman–Crippen MR) is 127 cm³/mol. The summed E-state index contributed by atoms with van der Waals surface area (Å²) >= 11 is 12.1. The molecule has 0 saturated heterocycles. The maximum absolute atomic E-state index is 10.7. The number of aromatic nitrogens is 2. The second-order valence-electron chi connectivity index (χ2n) is 6.92. The van der Waals surface area contributed by atoms with Gasteiger partial charge >= 0.3 is 0 Å². The number of nitrogens with two attached hydrogens (primary N) is 1. The van der Waals surface area contributed by atoms with Crippen molar-refractivity contribution in [3.63, 3.8) is 0 Å². The van der Waals surface area contributed by atoms with Crippen LogP contribution < -0.4 is 19.9 Å². The highest BCUT2D eigenvalue weighted by molar-refractivity contribution is 6.35. The van der Waals surface area contributed by atoms with Crippen molar-refractivity contribution in [2.45, 2.75) is 6.61 Å². The molecule has 4 rings (SSSR count). The zero-order valence-electron chi connectivity index (χ0n) is 17.5. The van der Waals surface area contributed by atoms with Crippen LogP contribution in [0.1, 0.15) is 5.56 Å². The van der Waals surface area contributed by atoms with Crippen LogP contribution in [0.5, 0.6) is 28.7 Å². The van der Waals surface area contributed by atoms with Crippen LogP contribution in [0.15, 0.2) is 66.9 Å². The third kappa shape index (κ3) is 5.39. The zero-order chi connectivity index (χ0) is 23.4. The van der Waals surface area contributed by atoms with E-state index in [1.807, 2.05) is 0 Å². The quantitative estimate of drug-likeness (QED) is 0.326. The number of halogens is 2. The first kappa shape index (κ1) is 22.5. The molecule has 0 unspecified atom stereocenters. The van der Waals surface area contributed by atoms with Gasteiger partial charge in [-0.15, -0.1) is 0 Å². The van der Waals surface area contributed by atoms with Crippen LogP contribution in [0.25, 0.3) is 11.3 Å². The monoisotopic (exact) mass is 483 g/mol. The maximum Gasteiger partial charge on any atom is 0.220 e. The number of hydrogen-bond acceptors (Lipinski definition) is 7. The fraction of sp³-hybridized carbons (Fsp3) is 0.0833. The molecule has 0 atom stereocenters. The summed E-state index contributed by atoms with van der Waals surface area (Å²) in [5.41, 5.74) is 7.30. The van der Waals surface area contributed by atoms with Crippen molar-refractivity contribution < 1.29 is 19.3 Å². The summed E-state index contributed by atoms with van der Waals surface area (Å²) in [5.74, 6) is 2.00. The van der Waals surface area contributed by atoms with Gasteiger partial charge in [-0.2, -0.15) is 0 Å². The van der Waals surface area contributed by atoms with E-state index in [9.17, 15) is 5.11 Å². The summed E-state index contributed by atoms with van der Waals surface area (Å²) in [7, 11) is 1.59. The Morgan fingerprint density at radius 1 is 0.939 bits per heavy atom. The van der Waals surface area contributed by atoms with Crippen molar-refractivity contribution in [3.05, 3.63) is 82.5 Å². The molecule has 9 heteroatoms. The van der Waals surface area contributed by atoms with E-state index in [0.29, 0.717) is 44.3 Å². The lowest BCUT2D eigenvalue weighted by Crippen LogP contribution is -2.00. The average molecular weight is 484 g/mol. The molecule has 0 aliphatic heterocycles. The van der Waals surface area contributed by atoms with Crippen molar-refractivity contribution in [2.24, 2.45) is 0 Å². The Hall–Kier alpha value is -3.68. The Morgan fingerprint density at radius 3 is 2.36 bits per heavy atom. The van der Waals surface area contributed by atoms with Gasteiger partial charge in [-0.3, -0.25) is 0 Å². The van der Waals surface area contributed by atoms with E-state index in [0.717, 1.165) is 5.56 Å². The minimum absolute atomic E-state index is 0.0455. The van der Waals surface area contributed by atoms with Crippen LogP contribution >= 0.6 is 23.2 Å². The third-order valence-electron chi connectivity index (χ3n) is 4.69. The smallest absolute Gasteiger partial charge is 0.220 e. The minimum atomic E-state index is -0.0626. The summed E-state index contributed by atoms with van der Waals surface area (Å²) in [4.78, 5) is 8.27. The first-order valence-electron chi connectivity index (χ1n) is 9.77. The van der Waals surface area contributed by atoms with E-state index in [1.54, 1.807) is 61.7 Å². The lowest BCUT2D eigenvalue weighted by molar-refractivity contribution is 0.304. The van der Waals surface area contributed by atoms with E-state index in [1.165, 1.54) is 12.3 Å². The van der Waals surface area contributed by atoms with E-state index >= 15 is 0 Å². The average Bonchev–Trinajstić information content (AvgIpc) is 2.80. The molecule has 0 amide bonds. The van der Waals surface area contributed by atoms with Crippen LogP contribution in [0, 0.1) is 0 Å². The molecule has 3 N–H and O–H groups in total. The van der Waals surface area contributed by atoms with Crippen molar-refractivity contribution in [3.8, 4) is 40.0 Å². The fourth-order valence-electron chi connectivity index (χ4n) is 3.02. The number of nitrogens with zero attached hydrogens (tertiary/aromatic N) is 2. The number of methoxy groups -OCH3 is 1. The third-order valence-corrected chi connectivity index (χ3v) is 5.28. The number of phenols is 1. The van der Waals surface area contributed by atoms with Gasteiger partial charge in [0.05, 0.1) is 13.3 Å². The second-order valence-corrected chi connectivity index (χ2v) is 7.77. The van der Waals surface area contributed by atoms with Crippen LogP contribution in [0.4, 0.5) is 5.95 Å².